The van der Waals surface area contributed by atoms with Crippen molar-refractivity contribution in [1.29, 1.82) is 0 Å². The Balaban J connectivity index is 1.61. The SMILES string of the molecule is CCOc1ccc(NCCNC(=O)c2cn(C3CCCCC3O)nc2C(F)(F)F)cc1. The summed E-state index contributed by atoms with van der Waals surface area (Å²) in [6.45, 7) is 2.91. The molecule has 1 amide bonds. The Morgan fingerprint density at radius 2 is 1.94 bits per heavy atom. The van der Waals surface area contributed by atoms with Crippen LogP contribution in [-0.2, 0) is 6.18 Å². The van der Waals surface area contributed by atoms with Crippen LogP contribution in [0.2, 0.25) is 0 Å². The van der Waals surface area contributed by atoms with Crippen LogP contribution in [0.5, 0.6) is 5.75 Å². The van der Waals surface area contributed by atoms with Crippen molar-refractivity contribution in [2.75, 3.05) is 25.0 Å². The molecule has 1 saturated carbocycles. The molecule has 1 aliphatic rings. The maximum absolute atomic E-state index is 13.4. The predicted octanol–water partition coefficient (Wildman–Crippen LogP) is 3.62. The van der Waals surface area contributed by atoms with Crippen LogP contribution in [0, 0.1) is 0 Å². The molecule has 0 saturated heterocycles. The number of nitrogens with one attached hydrogen (secondary N) is 2. The second kappa shape index (κ2) is 10.0. The van der Waals surface area contributed by atoms with Crippen molar-refractivity contribution >= 4 is 11.6 Å². The predicted molar refractivity (Wildman–Crippen MR) is 109 cm³/mol. The maximum Gasteiger partial charge on any atom is 0.435 e. The Hall–Kier alpha value is -2.75. The van der Waals surface area contributed by atoms with Crippen molar-refractivity contribution in [1.82, 2.24) is 15.1 Å². The summed E-state index contributed by atoms with van der Waals surface area (Å²) >= 11 is 0. The Morgan fingerprint density at radius 3 is 2.58 bits per heavy atom. The zero-order valence-corrected chi connectivity index (χ0v) is 17.3. The summed E-state index contributed by atoms with van der Waals surface area (Å²) in [5, 5.41) is 19.3. The van der Waals surface area contributed by atoms with E-state index in [0.717, 1.165) is 35.2 Å². The standard InChI is InChI=1S/C21H27F3N4O3/c1-2-31-15-9-7-14(8-10-15)25-11-12-26-20(30)16-13-28(27-19(16)21(22,23)24)17-5-3-4-6-18(17)29/h7-10,13,17-18,25,29H,2-6,11-12H2,1H3,(H,26,30). The minimum Gasteiger partial charge on any atom is -0.494 e. The van der Waals surface area contributed by atoms with E-state index in [9.17, 15) is 23.1 Å². The number of aliphatic hydroxyl groups excluding tert-OH is 1. The lowest BCUT2D eigenvalue weighted by atomic mass is 9.93. The van der Waals surface area contributed by atoms with Gasteiger partial charge in [0, 0.05) is 25.0 Å². The fraction of sp³-hybridized carbons (Fsp3) is 0.524. The molecule has 0 aliphatic heterocycles. The number of anilines is 1. The van der Waals surface area contributed by atoms with Crippen LogP contribution < -0.4 is 15.4 Å². The number of ether oxygens (including phenoxy) is 1. The highest BCUT2D eigenvalue weighted by Gasteiger charge is 2.40. The summed E-state index contributed by atoms with van der Waals surface area (Å²) < 4.78 is 46.8. The van der Waals surface area contributed by atoms with Gasteiger partial charge in [0.15, 0.2) is 5.69 Å². The first-order valence-electron chi connectivity index (χ1n) is 10.4. The molecule has 0 radical (unpaired) electrons. The van der Waals surface area contributed by atoms with Gasteiger partial charge < -0.3 is 20.5 Å². The van der Waals surface area contributed by atoms with E-state index in [0.29, 0.717) is 26.0 Å². The number of aliphatic hydroxyl groups is 1. The Bertz CT molecular complexity index is 868. The molecule has 1 aliphatic carbocycles. The first kappa shape index (κ1) is 22.9. The number of amides is 1. The van der Waals surface area contributed by atoms with Crippen molar-refractivity contribution in [2.24, 2.45) is 0 Å². The summed E-state index contributed by atoms with van der Waals surface area (Å²) in [7, 11) is 0. The minimum absolute atomic E-state index is 0.126. The normalized spacial score (nSPS) is 19.1. The molecule has 10 heteroatoms. The third-order valence-electron chi connectivity index (χ3n) is 5.18. The molecule has 0 bridgehead atoms. The zero-order chi connectivity index (χ0) is 22.4. The molecule has 1 fully saturated rings. The summed E-state index contributed by atoms with van der Waals surface area (Å²) in [5.74, 6) is -0.113. The molecule has 3 N–H and O–H groups in total. The number of benzene rings is 1. The van der Waals surface area contributed by atoms with Crippen LogP contribution in [0.25, 0.3) is 0 Å². The lowest BCUT2D eigenvalue weighted by molar-refractivity contribution is -0.142. The fourth-order valence-electron chi connectivity index (χ4n) is 3.65. The van der Waals surface area contributed by atoms with Gasteiger partial charge in [-0.15, -0.1) is 0 Å². The van der Waals surface area contributed by atoms with Crippen LogP contribution in [0.1, 0.15) is 54.7 Å². The number of nitrogens with zero attached hydrogens (tertiary/aromatic N) is 2. The monoisotopic (exact) mass is 440 g/mol. The molecule has 2 unspecified atom stereocenters. The van der Waals surface area contributed by atoms with E-state index in [1.807, 2.05) is 19.1 Å². The number of halogens is 3. The summed E-state index contributed by atoms with van der Waals surface area (Å²) in [4.78, 5) is 12.4. The van der Waals surface area contributed by atoms with Crippen LogP contribution in [0.3, 0.4) is 0 Å². The zero-order valence-electron chi connectivity index (χ0n) is 17.3. The van der Waals surface area contributed by atoms with Crippen molar-refractivity contribution in [3.63, 3.8) is 0 Å². The van der Waals surface area contributed by atoms with E-state index in [4.69, 9.17) is 4.74 Å². The maximum atomic E-state index is 13.4. The van der Waals surface area contributed by atoms with Gasteiger partial charge in [-0.3, -0.25) is 9.48 Å². The number of hydrogen-bond donors (Lipinski definition) is 3. The van der Waals surface area contributed by atoms with Gasteiger partial charge in [0.2, 0.25) is 0 Å². The highest BCUT2D eigenvalue weighted by Crippen LogP contribution is 2.34. The number of aromatic nitrogens is 2. The number of carbonyl (C=O) groups is 1. The first-order valence-corrected chi connectivity index (χ1v) is 10.4. The Morgan fingerprint density at radius 1 is 1.23 bits per heavy atom. The highest BCUT2D eigenvalue weighted by molar-refractivity contribution is 5.95. The second-order valence-electron chi connectivity index (χ2n) is 7.43. The van der Waals surface area contributed by atoms with E-state index in [1.54, 1.807) is 12.1 Å². The van der Waals surface area contributed by atoms with Crippen LogP contribution in [-0.4, -0.2) is 46.6 Å². The number of alkyl halides is 3. The molecular formula is C21H27F3N4O3. The van der Waals surface area contributed by atoms with Crippen LogP contribution >= 0.6 is 0 Å². The molecule has 1 heterocycles. The Kier molecular flexibility index (Phi) is 7.42. The molecule has 170 valence electrons. The van der Waals surface area contributed by atoms with Gasteiger partial charge in [0.05, 0.1) is 24.3 Å². The summed E-state index contributed by atoms with van der Waals surface area (Å²) in [5.41, 5.74) is -0.971. The van der Waals surface area contributed by atoms with Crippen LogP contribution in [0.4, 0.5) is 18.9 Å². The van der Waals surface area contributed by atoms with Crippen molar-refractivity contribution in [2.45, 2.75) is 50.9 Å². The average molecular weight is 440 g/mol. The third kappa shape index (κ3) is 5.90. The van der Waals surface area contributed by atoms with Gasteiger partial charge in [-0.2, -0.15) is 18.3 Å². The molecular weight excluding hydrogens is 413 g/mol. The topological polar surface area (TPSA) is 88.4 Å². The van der Waals surface area contributed by atoms with E-state index < -0.39 is 35.5 Å². The van der Waals surface area contributed by atoms with Gasteiger partial charge in [-0.1, -0.05) is 12.8 Å². The number of rotatable bonds is 8. The molecule has 7 nitrogen and oxygen atoms in total. The lowest BCUT2D eigenvalue weighted by Crippen LogP contribution is -2.30. The summed E-state index contributed by atoms with van der Waals surface area (Å²) in [6.07, 6.45) is -1.81. The van der Waals surface area contributed by atoms with Gasteiger partial charge in [0.1, 0.15) is 5.75 Å². The quantitative estimate of drug-likeness (QED) is 0.546. The fourth-order valence-corrected chi connectivity index (χ4v) is 3.65. The van der Waals surface area contributed by atoms with Crippen molar-refractivity contribution < 1.29 is 27.8 Å². The van der Waals surface area contributed by atoms with E-state index in [-0.39, 0.29) is 6.54 Å². The Labute approximate surface area is 178 Å². The van der Waals surface area contributed by atoms with Crippen molar-refractivity contribution in [3.8, 4) is 5.75 Å². The smallest absolute Gasteiger partial charge is 0.435 e. The molecule has 0 spiro atoms. The minimum atomic E-state index is -4.77. The average Bonchev–Trinajstić information content (AvgIpc) is 3.19. The second-order valence-corrected chi connectivity index (χ2v) is 7.43. The number of hydrogen-bond acceptors (Lipinski definition) is 5. The third-order valence-corrected chi connectivity index (χ3v) is 5.18. The number of carbonyl (C=O) groups excluding carboxylic acids is 1. The van der Waals surface area contributed by atoms with Gasteiger partial charge in [0.25, 0.3) is 5.91 Å². The molecule has 2 atom stereocenters. The van der Waals surface area contributed by atoms with E-state index >= 15 is 0 Å². The van der Waals surface area contributed by atoms with Gasteiger partial charge in [-0.05, 0) is 44.0 Å². The first-order chi connectivity index (χ1) is 14.8. The molecule has 2 aromatic rings. The van der Waals surface area contributed by atoms with Gasteiger partial charge in [-0.25, -0.2) is 0 Å². The van der Waals surface area contributed by atoms with Gasteiger partial charge >= 0.3 is 6.18 Å². The lowest BCUT2D eigenvalue weighted by Gasteiger charge is -2.27. The van der Waals surface area contributed by atoms with E-state index in [1.165, 1.54) is 0 Å². The highest BCUT2D eigenvalue weighted by atomic mass is 19.4. The van der Waals surface area contributed by atoms with E-state index in [2.05, 4.69) is 15.7 Å². The van der Waals surface area contributed by atoms with Crippen LogP contribution in [0.15, 0.2) is 30.5 Å². The molecule has 31 heavy (non-hydrogen) atoms. The molecule has 3 rings (SSSR count). The summed E-state index contributed by atoms with van der Waals surface area (Å²) in [6, 6.07) is 6.67. The molecule has 1 aromatic carbocycles. The van der Waals surface area contributed by atoms with Crippen molar-refractivity contribution in [3.05, 3.63) is 41.7 Å². The largest absolute Gasteiger partial charge is 0.494 e. The molecule has 1 aromatic heterocycles.